The van der Waals surface area contributed by atoms with Crippen LogP contribution >= 0.6 is 11.3 Å². The van der Waals surface area contributed by atoms with E-state index in [0.29, 0.717) is 6.04 Å². The van der Waals surface area contributed by atoms with Crippen LogP contribution in [-0.2, 0) is 6.54 Å². The van der Waals surface area contributed by atoms with Crippen LogP contribution < -0.4 is 4.90 Å². The SMILES string of the molecule is CN(C)c1cncc([C@@H]2CCCN2Cc2ccsc2)n1. The highest BCUT2D eigenvalue weighted by Crippen LogP contribution is 2.32. The standard InChI is InChI=1S/C15H20N4S/c1-18(2)15-9-16-8-13(17-15)14-4-3-6-19(14)10-12-5-7-20-11-12/h5,7-9,11,14H,3-4,6,10H2,1-2H3/t14-/m0/s1. The van der Waals surface area contributed by atoms with Gasteiger partial charge < -0.3 is 4.90 Å². The van der Waals surface area contributed by atoms with E-state index in [2.05, 4.69) is 26.7 Å². The topological polar surface area (TPSA) is 32.3 Å². The van der Waals surface area contributed by atoms with Crippen molar-refractivity contribution in [1.82, 2.24) is 14.9 Å². The van der Waals surface area contributed by atoms with Gasteiger partial charge in [-0.2, -0.15) is 11.3 Å². The minimum absolute atomic E-state index is 0.405. The van der Waals surface area contributed by atoms with Gasteiger partial charge in [-0.1, -0.05) is 0 Å². The van der Waals surface area contributed by atoms with Crippen LogP contribution in [0.15, 0.2) is 29.2 Å². The first-order valence-corrected chi connectivity index (χ1v) is 7.93. The average Bonchev–Trinajstić information content (AvgIpc) is 3.11. The molecule has 0 saturated carbocycles. The lowest BCUT2D eigenvalue weighted by atomic mass is 10.1. The Bertz CT molecular complexity index is 553. The van der Waals surface area contributed by atoms with Crippen LogP contribution in [0.3, 0.4) is 0 Å². The molecular weight excluding hydrogens is 268 g/mol. The van der Waals surface area contributed by atoms with Crippen molar-refractivity contribution in [3.05, 3.63) is 40.5 Å². The molecule has 1 atom stereocenters. The molecule has 5 heteroatoms. The molecule has 2 aromatic rings. The third-order valence-electron chi connectivity index (χ3n) is 3.77. The molecule has 0 N–H and O–H groups in total. The van der Waals surface area contributed by atoms with Gasteiger partial charge in [0.2, 0.25) is 0 Å². The third-order valence-corrected chi connectivity index (χ3v) is 4.50. The molecular formula is C15H20N4S. The number of aromatic nitrogens is 2. The molecule has 0 aromatic carbocycles. The molecule has 1 saturated heterocycles. The summed E-state index contributed by atoms with van der Waals surface area (Å²) in [6.07, 6.45) is 6.16. The van der Waals surface area contributed by atoms with Crippen molar-refractivity contribution >= 4 is 17.2 Å². The molecule has 3 rings (SSSR count). The maximum Gasteiger partial charge on any atom is 0.146 e. The quantitative estimate of drug-likeness (QED) is 0.866. The second-order valence-corrected chi connectivity index (χ2v) is 6.24. The minimum atomic E-state index is 0.405. The number of likely N-dealkylation sites (tertiary alicyclic amines) is 1. The van der Waals surface area contributed by atoms with Crippen molar-refractivity contribution in [3.8, 4) is 0 Å². The summed E-state index contributed by atoms with van der Waals surface area (Å²) in [5.41, 5.74) is 2.50. The van der Waals surface area contributed by atoms with E-state index in [1.165, 1.54) is 18.4 Å². The Balaban J connectivity index is 1.79. The number of thiophene rings is 1. The third kappa shape index (κ3) is 2.83. The van der Waals surface area contributed by atoms with Crippen molar-refractivity contribution < 1.29 is 0 Å². The Kier molecular flexibility index (Phi) is 3.98. The van der Waals surface area contributed by atoms with E-state index in [4.69, 9.17) is 4.98 Å². The summed E-state index contributed by atoms with van der Waals surface area (Å²) in [7, 11) is 4.01. The summed E-state index contributed by atoms with van der Waals surface area (Å²) in [6.45, 7) is 2.16. The Hall–Kier alpha value is -1.46. The van der Waals surface area contributed by atoms with Gasteiger partial charge in [-0.05, 0) is 41.8 Å². The van der Waals surface area contributed by atoms with E-state index < -0.39 is 0 Å². The van der Waals surface area contributed by atoms with Gasteiger partial charge in [0, 0.05) is 20.6 Å². The average molecular weight is 288 g/mol. The van der Waals surface area contributed by atoms with Crippen molar-refractivity contribution in [1.29, 1.82) is 0 Å². The van der Waals surface area contributed by atoms with Crippen molar-refractivity contribution in [2.75, 3.05) is 25.5 Å². The van der Waals surface area contributed by atoms with E-state index in [0.717, 1.165) is 24.6 Å². The molecule has 4 nitrogen and oxygen atoms in total. The number of hydrogen-bond acceptors (Lipinski definition) is 5. The molecule has 1 aliphatic heterocycles. The van der Waals surface area contributed by atoms with Gasteiger partial charge in [0.15, 0.2) is 0 Å². The highest BCUT2D eigenvalue weighted by atomic mass is 32.1. The molecule has 1 aliphatic rings. The van der Waals surface area contributed by atoms with Crippen LogP contribution in [0.1, 0.15) is 30.1 Å². The lowest BCUT2D eigenvalue weighted by Crippen LogP contribution is -2.24. The van der Waals surface area contributed by atoms with E-state index in [1.807, 2.05) is 31.4 Å². The first-order chi connectivity index (χ1) is 9.74. The highest BCUT2D eigenvalue weighted by Gasteiger charge is 2.27. The lowest BCUT2D eigenvalue weighted by molar-refractivity contribution is 0.244. The first-order valence-electron chi connectivity index (χ1n) is 6.98. The largest absolute Gasteiger partial charge is 0.361 e. The summed E-state index contributed by atoms with van der Waals surface area (Å²) in [5.74, 6) is 0.935. The summed E-state index contributed by atoms with van der Waals surface area (Å²) in [6, 6.07) is 2.62. The summed E-state index contributed by atoms with van der Waals surface area (Å²) >= 11 is 1.77. The maximum atomic E-state index is 4.76. The zero-order valence-electron chi connectivity index (χ0n) is 12.0. The zero-order valence-corrected chi connectivity index (χ0v) is 12.8. The normalized spacial score (nSPS) is 19.4. The van der Waals surface area contributed by atoms with Gasteiger partial charge in [0.25, 0.3) is 0 Å². The minimum Gasteiger partial charge on any atom is -0.361 e. The lowest BCUT2D eigenvalue weighted by Gasteiger charge is -2.24. The van der Waals surface area contributed by atoms with Crippen molar-refractivity contribution in [2.45, 2.75) is 25.4 Å². The van der Waals surface area contributed by atoms with Crippen LogP contribution in [0.2, 0.25) is 0 Å². The van der Waals surface area contributed by atoms with Crippen molar-refractivity contribution in [2.24, 2.45) is 0 Å². The van der Waals surface area contributed by atoms with E-state index >= 15 is 0 Å². The van der Waals surface area contributed by atoms with E-state index in [-0.39, 0.29) is 0 Å². The van der Waals surface area contributed by atoms with Crippen LogP contribution in [-0.4, -0.2) is 35.5 Å². The number of hydrogen-bond donors (Lipinski definition) is 0. The van der Waals surface area contributed by atoms with E-state index in [1.54, 1.807) is 11.3 Å². The summed E-state index contributed by atoms with van der Waals surface area (Å²) in [4.78, 5) is 13.6. The van der Waals surface area contributed by atoms with Gasteiger partial charge in [-0.25, -0.2) is 4.98 Å². The highest BCUT2D eigenvalue weighted by molar-refractivity contribution is 7.07. The summed E-state index contributed by atoms with van der Waals surface area (Å²) in [5, 5.41) is 4.38. The van der Waals surface area contributed by atoms with Crippen LogP contribution in [0.5, 0.6) is 0 Å². The van der Waals surface area contributed by atoms with Gasteiger partial charge in [0.1, 0.15) is 5.82 Å². The smallest absolute Gasteiger partial charge is 0.146 e. The second kappa shape index (κ2) is 5.89. The van der Waals surface area contributed by atoms with Crippen LogP contribution in [0, 0.1) is 0 Å². The predicted molar refractivity (Wildman–Crippen MR) is 83.1 cm³/mol. The monoisotopic (exact) mass is 288 g/mol. The number of rotatable bonds is 4. The molecule has 2 aromatic heterocycles. The molecule has 0 aliphatic carbocycles. The van der Waals surface area contributed by atoms with Crippen LogP contribution in [0.25, 0.3) is 0 Å². The molecule has 0 unspecified atom stereocenters. The molecule has 0 bridgehead atoms. The number of nitrogens with zero attached hydrogens (tertiary/aromatic N) is 4. The fourth-order valence-electron chi connectivity index (χ4n) is 2.71. The van der Waals surface area contributed by atoms with Crippen molar-refractivity contribution in [3.63, 3.8) is 0 Å². The maximum absolute atomic E-state index is 4.76. The second-order valence-electron chi connectivity index (χ2n) is 5.46. The predicted octanol–water partition coefficient (Wildman–Crippen LogP) is 2.94. The Morgan fingerprint density at radius 2 is 2.30 bits per heavy atom. The van der Waals surface area contributed by atoms with Gasteiger partial charge in [0.05, 0.1) is 24.1 Å². The molecule has 0 radical (unpaired) electrons. The molecule has 0 amide bonds. The molecule has 1 fully saturated rings. The molecule has 20 heavy (non-hydrogen) atoms. The number of anilines is 1. The fraction of sp³-hybridized carbons (Fsp3) is 0.467. The Labute approximate surface area is 124 Å². The molecule has 3 heterocycles. The van der Waals surface area contributed by atoms with Gasteiger partial charge in [-0.15, -0.1) is 0 Å². The molecule has 0 spiro atoms. The Morgan fingerprint density at radius 1 is 1.40 bits per heavy atom. The van der Waals surface area contributed by atoms with Gasteiger partial charge in [-0.3, -0.25) is 9.88 Å². The summed E-state index contributed by atoms with van der Waals surface area (Å²) < 4.78 is 0. The van der Waals surface area contributed by atoms with Crippen LogP contribution in [0.4, 0.5) is 5.82 Å². The first kappa shape index (κ1) is 13.5. The fourth-order valence-corrected chi connectivity index (χ4v) is 3.37. The van der Waals surface area contributed by atoms with E-state index in [9.17, 15) is 0 Å². The Morgan fingerprint density at radius 3 is 3.05 bits per heavy atom. The molecule has 106 valence electrons. The van der Waals surface area contributed by atoms with Gasteiger partial charge >= 0.3 is 0 Å². The zero-order chi connectivity index (χ0) is 13.9.